The van der Waals surface area contributed by atoms with Crippen LogP contribution in [0.5, 0.6) is 0 Å². The lowest BCUT2D eigenvalue weighted by atomic mass is 10.0. The standard InChI is InChI=1S/C11H14F3N/c12-10(11(13)14)9-5-1-3-8(7-9)4-2-6-15/h1,3,5,7,10-11H,2,4,6,15H2. The van der Waals surface area contributed by atoms with Gasteiger partial charge in [-0.2, -0.15) is 0 Å². The van der Waals surface area contributed by atoms with Gasteiger partial charge in [-0.1, -0.05) is 24.3 Å². The van der Waals surface area contributed by atoms with Gasteiger partial charge in [0.2, 0.25) is 0 Å². The Balaban J connectivity index is 2.73. The molecule has 1 aromatic carbocycles. The van der Waals surface area contributed by atoms with E-state index in [1.165, 1.54) is 12.1 Å². The average molecular weight is 217 g/mol. The van der Waals surface area contributed by atoms with Crippen molar-refractivity contribution in [1.29, 1.82) is 0 Å². The maximum atomic E-state index is 13.0. The number of benzene rings is 1. The van der Waals surface area contributed by atoms with Crippen molar-refractivity contribution in [3.05, 3.63) is 35.4 Å². The Kier molecular flexibility index (Phi) is 4.62. The van der Waals surface area contributed by atoms with Crippen LogP contribution in [0.15, 0.2) is 24.3 Å². The van der Waals surface area contributed by atoms with Crippen molar-refractivity contribution < 1.29 is 13.2 Å². The van der Waals surface area contributed by atoms with Gasteiger partial charge < -0.3 is 5.73 Å². The van der Waals surface area contributed by atoms with Gasteiger partial charge in [0, 0.05) is 0 Å². The van der Waals surface area contributed by atoms with E-state index in [4.69, 9.17) is 5.73 Å². The molecule has 0 saturated heterocycles. The predicted octanol–water partition coefficient (Wildman–Crippen LogP) is 2.85. The molecule has 0 heterocycles. The quantitative estimate of drug-likeness (QED) is 0.806. The van der Waals surface area contributed by atoms with Gasteiger partial charge in [-0.25, -0.2) is 13.2 Å². The molecular weight excluding hydrogens is 203 g/mol. The van der Waals surface area contributed by atoms with E-state index in [1.807, 2.05) is 0 Å². The third kappa shape index (κ3) is 3.55. The minimum absolute atomic E-state index is 0.0412. The van der Waals surface area contributed by atoms with Crippen LogP contribution in [-0.4, -0.2) is 13.0 Å². The fourth-order valence-corrected chi connectivity index (χ4v) is 1.37. The van der Waals surface area contributed by atoms with E-state index in [0.29, 0.717) is 13.0 Å². The molecular formula is C11H14F3N. The summed E-state index contributed by atoms with van der Waals surface area (Å²) in [6.07, 6.45) is -3.69. The summed E-state index contributed by atoms with van der Waals surface area (Å²) in [7, 11) is 0. The molecule has 2 N–H and O–H groups in total. The molecule has 1 aromatic rings. The Hall–Kier alpha value is -1.03. The molecule has 0 aliphatic rings. The zero-order valence-corrected chi connectivity index (χ0v) is 8.30. The lowest BCUT2D eigenvalue weighted by molar-refractivity contribution is 0.0495. The number of aryl methyl sites for hydroxylation is 1. The predicted molar refractivity (Wildman–Crippen MR) is 53.7 cm³/mol. The first kappa shape index (κ1) is 12.0. The smallest absolute Gasteiger partial charge is 0.273 e. The Labute approximate surface area is 87.1 Å². The molecule has 1 unspecified atom stereocenters. The second-order valence-electron chi connectivity index (χ2n) is 3.37. The number of alkyl halides is 3. The minimum Gasteiger partial charge on any atom is -0.330 e. The van der Waals surface area contributed by atoms with Crippen LogP contribution in [0.3, 0.4) is 0 Å². The lowest BCUT2D eigenvalue weighted by Gasteiger charge is -2.08. The van der Waals surface area contributed by atoms with E-state index in [9.17, 15) is 13.2 Å². The summed E-state index contributed by atoms with van der Waals surface area (Å²) >= 11 is 0. The van der Waals surface area contributed by atoms with Gasteiger partial charge in [0.25, 0.3) is 6.43 Å². The van der Waals surface area contributed by atoms with E-state index in [1.54, 1.807) is 12.1 Å². The van der Waals surface area contributed by atoms with E-state index in [0.717, 1.165) is 12.0 Å². The number of rotatable bonds is 5. The molecule has 0 radical (unpaired) electrons. The highest BCUT2D eigenvalue weighted by atomic mass is 19.3. The van der Waals surface area contributed by atoms with Gasteiger partial charge in [0.1, 0.15) is 0 Å². The lowest BCUT2D eigenvalue weighted by Crippen LogP contribution is -2.04. The zero-order valence-electron chi connectivity index (χ0n) is 8.30. The summed E-state index contributed by atoms with van der Waals surface area (Å²) in [5, 5.41) is 0. The van der Waals surface area contributed by atoms with Crippen molar-refractivity contribution >= 4 is 0 Å². The summed E-state index contributed by atoms with van der Waals surface area (Å²) < 4.78 is 37.2. The zero-order chi connectivity index (χ0) is 11.3. The van der Waals surface area contributed by atoms with Crippen molar-refractivity contribution in [2.24, 2.45) is 5.73 Å². The Morgan fingerprint density at radius 1 is 1.20 bits per heavy atom. The van der Waals surface area contributed by atoms with E-state index in [2.05, 4.69) is 0 Å². The normalized spacial score (nSPS) is 13.1. The molecule has 0 bridgehead atoms. The van der Waals surface area contributed by atoms with Crippen LogP contribution in [0.2, 0.25) is 0 Å². The van der Waals surface area contributed by atoms with Gasteiger partial charge >= 0.3 is 0 Å². The first-order valence-corrected chi connectivity index (χ1v) is 4.86. The molecule has 0 aliphatic carbocycles. The Morgan fingerprint density at radius 3 is 2.53 bits per heavy atom. The molecule has 15 heavy (non-hydrogen) atoms. The van der Waals surface area contributed by atoms with E-state index in [-0.39, 0.29) is 5.56 Å². The molecule has 0 spiro atoms. The van der Waals surface area contributed by atoms with Gasteiger partial charge in [0.05, 0.1) is 0 Å². The average Bonchev–Trinajstić information content (AvgIpc) is 2.25. The van der Waals surface area contributed by atoms with Crippen LogP contribution in [0, 0.1) is 0 Å². The molecule has 0 amide bonds. The molecule has 4 heteroatoms. The number of hydrogen-bond donors (Lipinski definition) is 1. The number of hydrogen-bond acceptors (Lipinski definition) is 1. The van der Waals surface area contributed by atoms with Crippen LogP contribution in [0.1, 0.15) is 23.7 Å². The van der Waals surface area contributed by atoms with Crippen molar-refractivity contribution in [2.75, 3.05) is 6.54 Å². The van der Waals surface area contributed by atoms with Crippen LogP contribution >= 0.6 is 0 Å². The Morgan fingerprint density at radius 2 is 1.93 bits per heavy atom. The highest BCUT2D eigenvalue weighted by molar-refractivity contribution is 5.25. The molecule has 1 rings (SSSR count). The largest absolute Gasteiger partial charge is 0.330 e. The molecule has 84 valence electrons. The molecule has 0 fully saturated rings. The van der Waals surface area contributed by atoms with Crippen molar-refractivity contribution in [2.45, 2.75) is 25.4 Å². The Bertz CT molecular complexity index is 302. The highest BCUT2D eigenvalue weighted by Crippen LogP contribution is 2.25. The van der Waals surface area contributed by atoms with Crippen LogP contribution in [0.4, 0.5) is 13.2 Å². The fraction of sp³-hybridized carbons (Fsp3) is 0.455. The third-order valence-electron chi connectivity index (χ3n) is 2.16. The second kappa shape index (κ2) is 5.75. The summed E-state index contributed by atoms with van der Waals surface area (Å²) in [6.45, 7) is 0.540. The fourth-order valence-electron chi connectivity index (χ4n) is 1.37. The van der Waals surface area contributed by atoms with Gasteiger partial charge in [-0.15, -0.1) is 0 Å². The number of nitrogens with two attached hydrogens (primary N) is 1. The molecule has 0 aromatic heterocycles. The molecule has 0 saturated carbocycles. The van der Waals surface area contributed by atoms with Crippen molar-refractivity contribution in [1.82, 2.24) is 0 Å². The van der Waals surface area contributed by atoms with Crippen molar-refractivity contribution in [3.63, 3.8) is 0 Å². The first-order chi connectivity index (χ1) is 7.15. The highest BCUT2D eigenvalue weighted by Gasteiger charge is 2.21. The van der Waals surface area contributed by atoms with Crippen LogP contribution in [0.25, 0.3) is 0 Å². The number of halogens is 3. The van der Waals surface area contributed by atoms with E-state index < -0.39 is 12.6 Å². The summed E-state index contributed by atoms with van der Waals surface area (Å²) in [6, 6.07) is 6.24. The molecule has 0 aliphatic heterocycles. The third-order valence-corrected chi connectivity index (χ3v) is 2.16. The maximum Gasteiger partial charge on any atom is 0.273 e. The SMILES string of the molecule is NCCCc1cccc(C(F)C(F)F)c1. The summed E-state index contributed by atoms with van der Waals surface area (Å²) in [5.41, 5.74) is 6.22. The van der Waals surface area contributed by atoms with Gasteiger partial charge in [-0.05, 0) is 30.5 Å². The van der Waals surface area contributed by atoms with Crippen LogP contribution < -0.4 is 5.73 Å². The minimum atomic E-state index is -2.96. The van der Waals surface area contributed by atoms with E-state index >= 15 is 0 Å². The molecule has 1 atom stereocenters. The van der Waals surface area contributed by atoms with Gasteiger partial charge in [0.15, 0.2) is 6.17 Å². The van der Waals surface area contributed by atoms with Crippen molar-refractivity contribution in [3.8, 4) is 0 Å². The summed E-state index contributed by atoms with van der Waals surface area (Å²) in [5.74, 6) is 0. The first-order valence-electron chi connectivity index (χ1n) is 4.86. The molecule has 1 nitrogen and oxygen atoms in total. The van der Waals surface area contributed by atoms with Crippen LogP contribution in [-0.2, 0) is 6.42 Å². The topological polar surface area (TPSA) is 26.0 Å². The summed E-state index contributed by atoms with van der Waals surface area (Å²) in [4.78, 5) is 0. The monoisotopic (exact) mass is 217 g/mol. The maximum absolute atomic E-state index is 13.0. The van der Waals surface area contributed by atoms with Gasteiger partial charge in [-0.3, -0.25) is 0 Å². The second-order valence-corrected chi connectivity index (χ2v) is 3.37.